The van der Waals surface area contributed by atoms with Gasteiger partial charge in [0.2, 0.25) is 21.8 Å². The summed E-state index contributed by atoms with van der Waals surface area (Å²) in [7, 11) is -3.90. The molecule has 1 saturated carbocycles. The van der Waals surface area contributed by atoms with Crippen molar-refractivity contribution in [2.24, 2.45) is 0 Å². The lowest BCUT2D eigenvalue weighted by Gasteiger charge is -2.34. The molecule has 37 heavy (non-hydrogen) atoms. The van der Waals surface area contributed by atoms with Crippen molar-refractivity contribution < 1.29 is 18.0 Å². The number of benzene rings is 2. The highest BCUT2D eigenvalue weighted by atomic mass is 35.5. The maximum Gasteiger partial charge on any atom is 0.244 e. The zero-order chi connectivity index (χ0) is 27.2. The maximum atomic E-state index is 13.8. The molecule has 0 saturated heterocycles. The largest absolute Gasteiger partial charge is 0.352 e. The predicted molar refractivity (Wildman–Crippen MR) is 150 cm³/mol. The third kappa shape index (κ3) is 8.24. The Hall–Kier alpha value is -2.00. The molecule has 0 aromatic heterocycles. The van der Waals surface area contributed by atoms with Crippen LogP contribution in [-0.4, -0.2) is 50.0 Å². The minimum Gasteiger partial charge on any atom is -0.352 e. The van der Waals surface area contributed by atoms with Gasteiger partial charge in [-0.05, 0) is 55.2 Å². The second-order valence-corrected chi connectivity index (χ2v) is 12.5. The summed E-state index contributed by atoms with van der Waals surface area (Å²) in [6.45, 7) is 1.41. The number of anilines is 1. The van der Waals surface area contributed by atoms with Gasteiger partial charge in [-0.25, -0.2) is 8.42 Å². The van der Waals surface area contributed by atoms with Gasteiger partial charge in [-0.2, -0.15) is 0 Å². The van der Waals surface area contributed by atoms with E-state index < -0.39 is 28.5 Å². The quantitative estimate of drug-likeness (QED) is 0.388. The fourth-order valence-electron chi connectivity index (χ4n) is 4.53. The van der Waals surface area contributed by atoms with Crippen LogP contribution in [0.3, 0.4) is 0 Å². The van der Waals surface area contributed by atoms with Gasteiger partial charge < -0.3 is 10.2 Å². The number of hydrogen-bond acceptors (Lipinski definition) is 4. The van der Waals surface area contributed by atoms with Gasteiger partial charge >= 0.3 is 0 Å². The molecule has 2 aromatic carbocycles. The molecule has 0 bridgehead atoms. The summed E-state index contributed by atoms with van der Waals surface area (Å²) < 4.78 is 26.4. The third-order valence-corrected chi connectivity index (χ3v) is 8.38. The fraction of sp³-hybridized carbons (Fsp3) is 0.462. The van der Waals surface area contributed by atoms with Crippen LogP contribution >= 0.6 is 34.8 Å². The van der Waals surface area contributed by atoms with Gasteiger partial charge in [0.25, 0.3) is 0 Å². The normalized spacial score (nSPS) is 15.2. The molecule has 1 atom stereocenters. The number of nitrogens with one attached hydrogen (secondary N) is 1. The van der Waals surface area contributed by atoms with Crippen molar-refractivity contribution in [1.29, 1.82) is 0 Å². The van der Waals surface area contributed by atoms with Crippen molar-refractivity contribution in [3.05, 3.63) is 63.1 Å². The van der Waals surface area contributed by atoms with Crippen LogP contribution in [0, 0.1) is 0 Å². The number of amides is 2. The molecule has 1 N–H and O–H groups in total. The predicted octanol–water partition coefficient (Wildman–Crippen LogP) is 5.67. The molecule has 0 radical (unpaired) electrons. The molecule has 7 nitrogen and oxygen atoms in total. The van der Waals surface area contributed by atoms with Gasteiger partial charge in [-0.1, -0.05) is 73.1 Å². The summed E-state index contributed by atoms with van der Waals surface area (Å²) in [5.74, 6) is -0.774. The molecular formula is C26H32Cl3N3O4S. The van der Waals surface area contributed by atoms with Crippen molar-refractivity contribution in [3.8, 4) is 0 Å². The summed E-state index contributed by atoms with van der Waals surface area (Å²) in [4.78, 5) is 28.6. The van der Waals surface area contributed by atoms with E-state index >= 15 is 0 Å². The lowest BCUT2D eigenvalue weighted by Crippen LogP contribution is -2.54. The molecule has 0 unspecified atom stereocenters. The van der Waals surface area contributed by atoms with E-state index in [0.717, 1.165) is 48.2 Å². The van der Waals surface area contributed by atoms with E-state index in [-0.39, 0.29) is 29.2 Å². The average molecular weight is 589 g/mol. The van der Waals surface area contributed by atoms with E-state index in [4.69, 9.17) is 34.8 Å². The van der Waals surface area contributed by atoms with Gasteiger partial charge in [0.05, 0.1) is 17.0 Å². The topological polar surface area (TPSA) is 86.8 Å². The summed E-state index contributed by atoms with van der Waals surface area (Å²) in [5.41, 5.74) is 0.894. The van der Waals surface area contributed by atoms with Crippen molar-refractivity contribution in [1.82, 2.24) is 10.2 Å². The average Bonchev–Trinajstić information content (AvgIpc) is 2.84. The Balaban J connectivity index is 1.93. The highest BCUT2D eigenvalue weighted by Crippen LogP contribution is 2.31. The Morgan fingerprint density at radius 3 is 2.19 bits per heavy atom. The number of halogens is 3. The van der Waals surface area contributed by atoms with Gasteiger partial charge in [-0.15, -0.1) is 0 Å². The van der Waals surface area contributed by atoms with Crippen molar-refractivity contribution >= 4 is 62.3 Å². The number of carbonyl (C=O) groups is 2. The molecular weight excluding hydrogens is 557 g/mol. The summed E-state index contributed by atoms with van der Waals surface area (Å²) in [6.07, 6.45) is 6.44. The Labute approximate surface area is 234 Å². The van der Waals surface area contributed by atoms with Crippen molar-refractivity contribution in [2.75, 3.05) is 17.1 Å². The number of nitrogens with zero attached hydrogens (tertiary/aromatic N) is 2. The van der Waals surface area contributed by atoms with E-state index in [1.807, 2.05) is 6.92 Å². The van der Waals surface area contributed by atoms with E-state index in [0.29, 0.717) is 16.5 Å². The zero-order valence-electron chi connectivity index (χ0n) is 20.9. The summed E-state index contributed by atoms with van der Waals surface area (Å²) in [6, 6.07) is 10.6. The summed E-state index contributed by atoms with van der Waals surface area (Å²) >= 11 is 18.3. The molecule has 11 heteroatoms. The molecule has 0 spiro atoms. The van der Waals surface area contributed by atoms with Crippen LogP contribution in [0.15, 0.2) is 42.5 Å². The van der Waals surface area contributed by atoms with Gasteiger partial charge in [-0.3, -0.25) is 13.9 Å². The van der Waals surface area contributed by atoms with Crippen LogP contribution in [-0.2, 0) is 26.2 Å². The first-order valence-electron chi connectivity index (χ1n) is 12.3. The molecule has 0 aliphatic heterocycles. The second-order valence-electron chi connectivity index (χ2n) is 9.28. The lowest BCUT2D eigenvalue weighted by molar-refractivity contribution is -0.140. The second kappa shape index (κ2) is 13.2. The zero-order valence-corrected chi connectivity index (χ0v) is 24.0. The van der Waals surface area contributed by atoms with E-state index in [1.54, 1.807) is 24.3 Å². The standard InChI is InChI=1S/C26H32Cl3N3O4S/c1-3-23(26(34)30-21-7-5-4-6-8-21)31(16-18-9-11-19(27)12-10-18)25(33)17-32(37(2,35)36)24-14-13-20(28)15-22(24)29/h9-15,21,23H,3-8,16-17H2,1-2H3,(H,30,34)/t23-/m0/s1. The Kier molecular flexibility index (Phi) is 10.5. The van der Waals surface area contributed by atoms with Crippen LogP contribution in [0.5, 0.6) is 0 Å². The third-order valence-electron chi connectivity index (χ3n) is 6.46. The number of carbonyl (C=O) groups excluding carboxylic acids is 2. The molecule has 1 fully saturated rings. The first kappa shape index (κ1) is 29.6. The van der Waals surface area contributed by atoms with Gasteiger partial charge in [0.15, 0.2) is 0 Å². The summed E-state index contributed by atoms with van der Waals surface area (Å²) in [5, 5.41) is 4.09. The molecule has 1 aliphatic rings. The van der Waals surface area contributed by atoms with Crippen LogP contribution in [0.2, 0.25) is 15.1 Å². The Morgan fingerprint density at radius 2 is 1.62 bits per heavy atom. The first-order chi connectivity index (χ1) is 17.5. The monoisotopic (exact) mass is 587 g/mol. The fourth-order valence-corrected chi connectivity index (χ4v) is 6.08. The van der Waals surface area contributed by atoms with Gasteiger partial charge in [0, 0.05) is 22.6 Å². The van der Waals surface area contributed by atoms with E-state index in [9.17, 15) is 18.0 Å². The van der Waals surface area contributed by atoms with Crippen molar-refractivity contribution in [3.63, 3.8) is 0 Å². The minimum absolute atomic E-state index is 0.0724. The highest BCUT2D eigenvalue weighted by molar-refractivity contribution is 7.92. The number of rotatable bonds is 10. The lowest BCUT2D eigenvalue weighted by atomic mass is 9.95. The van der Waals surface area contributed by atoms with Crippen LogP contribution < -0.4 is 9.62 Å². The van der Waals surface area contributed by atoms with Crippen LogP contribution in [0.4, 0.5) is 5.69 Å². The van der Waals surface area contributed by atoms with Crippen molar-refractivity contribution in [2.45, 2.75) is 64.1 Å². The molecule has 2 aromatic rings. The van der Waals surface area contributed by atoms with Gasteiger partial charge in [0.1, 0.15) is 12.6 Å². The SMILES string of the molecule is CC[C@@H](C(=O)NC1CCCCC1)N(Cc1ccc(Cl)cc1)C(=O)CN(c1ccc(Cl)cc1Cl)S(C)(=O)=O. The van der Waals surface area contributed by atoms with Crippen LogP contribution in [0.1, 0.15) is 51.0 Å². The molecule has 1 aliphatic carbocycles. The maximum absolute atomic E-state index is 13.8. The number of sulfonamides is 1. The highest BCUT2D eigenvalue weighted by Gasteiger charge is 2.33. The van der Waals surface area contributed by atoms with E-state index in [1.165, 1.54) is 23.1 Å². The number of hydrogen-bond donors (Lipinski definition) is 1. The van der Waals surface area contributed by atoms with E-state index in [2.05, 4.69) is 5.32 Å². The molecule has 0 heterocycles. The molecule has 202 valence electrons. The smallest absolute Gasteiger partial charge is 0.244 e. The Bertz CT molecular complexity index is 1200. The molecule has 3 rings (SSSR count). The first-order valence-corrected chi connectivity index (χ1v) is 15.2. The van der Waals surface area contributed by atoms with Crippen LogP contribution in [0.25, 0.3) is 0 Å². The minimum atomic E-state index is -3.90. The Morgan fingerprint density at radius 1 is 1.00 bits per heavy atom. The molecule has 2 amide bonds.